The molecule has 2 saturated heterocycles. The van der Waals surface area contributed by atoms with Gasteiger partial charge in [-0.2, -0.15) is 0 Å². The van der Waals surface area contributed by atoms with Crippen molar-refractivity contribution in [2.75, 3.05) is 22.9 Å². The van der Waals surface area contributed by atoms with E-state index in [0.29, 0.717) is 5.11 Å². The average Bonchev–Trinajstić information content (AvgIpc) is 3.62. The Hall–Kier alpha value is -3.87. The highest BCUT2D eigenvalue weighted by Gasteiger charge is 2.42. The summed E-state index contributed by atoms with van der Waals surface area (Å²) >= 11 is 13.0. The lowest BCUT2D eigenvalue weighted by Gasteiger charge is -2.33. The molecule has 0 aliphatic carbocycles. The van der Waals surface area contributed by atoms with Crippen molar-refractivity contribution in [3.63, 3.8) is 0 Å². The molecule has 206 valence electrons. The van der Waals surface area contributed by atoms with Gasteiger partial charge in [0.2, 0.25) is 0 Å². The average molecular weight is 578 g/mol. The number of nitrogens with one attached hydrogen (secondary N) is 1. The number of hydrogen-bond acceptors (Lipinski definition) is 3. The molecule has 1 N–H and O–H groups in total. The summed E-state index contributed by atoms with van der Waals surface area (Å²) < 4.78 is 2.26. The lowest BCUT2D eigenvalue weighted by atomic mass is 9.98. The number of piperidine rings is 1. The van der Waals surface area contributed by atoms with Crippen LogP contribution in [0.3, 0.4) is 0 Å². The van der Waals surface area contributed by atoms with E-state index in [0.717, 1.165) is 52.5 Å². The van der Waals surface area contributed by atoms with Crippen molar-refractivity contribution in [1.82, 2.24) is 14.9 Å². The zero-order valence-corrected chi connectivity index (χ0v) is 24.5. The van der Waals surface area contributed by atoms with Crippen LogP contribution >= 0.6 is 23.8 Å². The molecule has 3 aromatic carbocycles. The second-order valence-electron chi connectivity index (χ2n) is 11.1. The Morgan fingerprint density at radius 3 is 2.41 bits per heavy atom. The van der Waals surface area contributed by atoms with Gasteiger partial charge in [-0.3, -0.25) is 4.98 Å². The molecule has 2 aliphatic heterocycles. The molecule has 7 rings (SSSR count). The van der Waals surface area contributed by atoms with Crippen LogP contribution in [0.2, 0.25) is 5.02 Å². The van der Waals surface area contributed by atoms with Crippen molar-refractivity contribution in [3.05, 3.63) is 120 Å². The highest BCUT2D eigenvalue weighted by Crippen LogP contribution is 2.44. The molecule has 41 heavy (non-hydrogen) atoms. The van der Waals surface area contributed by atoms with Gasteiger partial charge in [-0.25, -0.2) is 0 Å². The van der Waals surface area contributed by atoms with Crippen LogP contribution in [-0.4, -0.2) is 27.8 Å². The number of hydrogen-bond donors (Lipinski definition) is 1. The van der Waals surface area contributed by atoms with Gasteiger partial charge in [0.15, 0.2) is 5.11 Å². The van der Waals surface area contributed by atoms with Crippen LogP contribution in [0.5, 0.6) is 0 Å². The number of rotatable bonds is 5. The third-order valence-electron chi connectivity index (χ3n) is 8.53. The largest absolute Gasteiger partial charge is 0.370 e. The van der Waals surface area contributed by atoms with Crippen molar-refractivity contribution in [2.45, 2.75) is 31.8 Å². The Morgan fingerprint density at radius 2 is 1.63 bits per heavy atom. The minimum Gasteiger partial charge on any atom is -0.370 e. The molecule has 2 aliphatic rings. The fourth-order valence-corrected chi connectivity index (χ4v) is 6.92. The van der Waals surface area contributed by atoms with Gasteiger partial charge in [0, 0.05) is 42.6 Å². The Bertz CT molecular complexity index is 1710. The molecular weight excluding hydrogens is 546 g/mol. The van der Waals surface area contributed by atoms with Crippen molar-refractivity contribution < 1.29 is 0 Å². The third kappa shape index (κ3) is 4.85. The van der Waals surface area contributed by atoms with Crippen LogP contribution < -0.4 is 15.1 Å². The number of aromatic nitrogens is 2. The SMILES string of the molecule is CC1CCN(c2ccc(N3C(=S)N[C@H](c4ccccn4)[C@@H]3c3cccn3-c3ccc4ccccc4c3)cc2Cl)CC1. The summed E-state index contributed by atoms with van der Waals surface area (Å²) in [6.07, 6.45) is 6.35. The lowest BCUT2D eigenvalue weighted by Crippen LogP contribution is -2.33. The summed E-state index contributed by atoms with van der Waals surface area (Å²) in [6.45, 7) is 4.40. The fraction of sp³-hybridized carbons (Fsp3) is 0.235. The number of nitrogens with zero attached hydrogens (tertiary/aromatic N) is 4. The van der Waals surface area contributed by atoms with Gasteiger partial charge < -0.3 is 19.7 Å². The van der Waals surface area contributed by atoms with E-state index in [1.54, 1.807) is 0 Å². The van der Waals surface area contributed by atoms with Crippen LogP contribution in [0.4, 0.5) is 11.4 Å². The highest BCUT2D eigenvalue weighted by molar-refractivity contribution is 7.80. The second kappa shape index (κ2) is 10.8. The smallest absolute Gasteiger partial charge is 0.174 e. The molecule has 2 fully saturated rings. The normalized spacial score (nSPS) is 19.6. The standard InChI is InChI=1S/C34H32ClN5S/c1-23-15-19-38(20-16-23)30-14-13-27(22-28(30)35)40-33(32(37-34(40)41)29-9-4-5-17-36-29)31-10-6-18-39(31)26-12-11-24-7-2-3-8-25(24)21-26/h2-14,17-18,21-23,32-33H,15-16,19-20H2,1H3,(H,37,41)/t32-,33+/m1/s1. The first-order valence-electron chi connectivity index (χ1n) is 14.3. The zero-order chi connectivity index (χ0) is 27.9. The zero-order valence-electron chi connectivity index (χ0n) is 23.0. The lowest BCUT2D eigenvalue weighted by molar-refractivity contribution is 0.438. The van der Waals surface area contributed by atoms with Crippen LogP contribution in [0, 0.1) is 5.92 Å². The van der Waals surface area contributed by atoms with Gasteiger partial charge in [-0.05, 0) is 96.3 Å². The monoisotopic (exact) mass is 577 g/mol. The number of thiocarbonyl (C=S) groups is 1. The first-order chi connectivity index (χ1) is 20.1. The first kappa shape index (κ1) is 26.1. The van der Waals surface area contributed by atoms with Crippen LogP contribution in [-0.2, 0) is 0 Å². The highest BCUT2D eigenvalue weighted by atomic mass is 35.5. The summed E-state index contributed by atoms with van der Waals surface area (Å²) in [5.41, 5.74) is 5.23. The van der Waals surface area contributed by atoms with E-state index >= 15 is 0 Å². The van der Waals surface area contributed by atoms with E-state index < -0.39 is 0 Å². The summed E-state index contributed by atoms with van der Waals surface area (Å²) in [5.74, 6) is 0.764. The van der Waals surface area contributed by atoms with Crippen molar-refractivity contribution >= 4 is 51.1 Å². The Labute approximate surface area is 251 Å². The molecule has 0 saturated carbocycles. The molecule has 7 heteroatoms. The van der Waals surface area contributed by atoms with Crippen molar-refractivity contribution in [2.24, 2.45) is 5.92 Å². The van der Waals surface area contributed by atoms with Crippen LogP contribution in [0.25, 0.3) is 16.5 Å². The van der Waals surface area contributed by atoms with Gasteiger partial charge >= 0.3 is 0 Å². The Kier molecular flexibility index (Phi) is 6.89. The quantitative estimate of drug-likeness (QED) is 0.214. The number of anilines is 2. The molecule has 5 aromatic rings. The van der Waals surface area contributed by atoms with Gasteiger partial charge in [0.25, 0.3) is 0 Å². The fourth-order valence-electron chi connectivity index (χ4n) is 6.28. The second-order valence-corrected chi connectivity index (χ2v) is 11.9. The van der Waals surface area contributed by atoms with Crippen LogP contribution in [0.15, 0.2) is 103 Å². The topological polar surface area (TPSA) is 36.3 Å². The third-order valence-corrected chi connectivity index (χ3v) is 9.14. The van der Waals surface area contributed by atoms with Gasteiger partial charge in [0.1, 0.15) is 6.04 Å². The number of halogens is 1. The van der Waals surface area contributed by atoms with E-state index in [2.05, 4.69) is 112 Å². The molecule has 4 heterocycles. The predicted molar refractivity (Wildman–Crippen MR) is 173 cm³/mol. The van der Waals surface area contributed by atoms with Gasteiger partial charge in [-0.1, -0.05) is 54.9 Å². The summed E-state index contributed by atoms with van der Waals surface area (Å²) in [4.78, 5) is 9.35. The van der Waals surface area contributed by atoms with Crippen LogP contribution in [0.1, 0.15) is 43.2 Å². The summed E-state index contributed by atoms with van der Waals surface area (Å²) in [7, 11) is 0. The number of fused-ring (bicyclic) bond motifs is 1. The van der Waals surface area contributed by atoms with E-state index in [1.165, 1.54) is 23.6 Å². The van der Waals surface area contributed by atoms with E-state index in [4.69, 9.17) is 28.8 Å². The number of pyridine rings is 1. The maximum absolute atomic E-state index is 6.98. The molecule has 2 atom stereocenters. The van der Waals surface area contributed by atoms with Gasteiger partial charge in [0.05, 0.1) is 22.4 Å². The maximum atomic E-state index is 6.98. The van der Waals surface area contributed by atoms with E-state index in [1.807, 2.05) is 18.3 Å². The number of benzene rings is 3. The minimum atomic E-state index is -0.142. The van der Waals surface area contributed by atoms with Crippen molar-refractivity contribution in [1.29, 1.82) is 0 Å². The summed E-state index contributed by atoms with van der Waals surface area (Å²) in [5, 5.41) is 7.44. The molecule has 0 spiro atoms. The maximum Gasteiger partial charge on any atom is 0.174 e. The molecule has 5 nitrogen and oxygen atoms in total. The Balaban J connectivity index is 1.31. The molecule has 2 aromatic heterocycles. The van der Waals surface area contributed by atoms with E-state index in [9.17, 15) is 0 Å². The molecule has 0 unspecified atom stereocenters. The van der Waals surface area contributed by atoms with Gasteiger partial charge in [-0.15, -0.1) is 0 Å². The minimum absolute atomic E-state index is 0.139. The Morgan fingerprint density at radius 1 is 0.854 bits per heavy atom. The summed E-state index contributed by atoms with van der Waals surface area (Å²) in [6, 6.07) is 31.5. The molecule has 0 radical (unpaired) electrons. The first-order valence-corrected chi connectivity index (χ1v) is 15.1. The van der Waals surface area contributed by atoms with Crippen molar-refractivity contribution in [3.8, 4) is 5.69 Å². The molecule has 0 bridgehead atoms. The molecule has 0 amide bonds. The molecular formula is C34H32ClN5S. The predicted octanol–water partition coefficient (Wildman–Crippen LogP) is 8.09. The van der Waals surface area contributed by atoms with E-state index in [-0.39, 0.29) is 12.1 Å².